The van der Waals surface area contributed by atoms with Gasteiger partial charge in [0.05, 0.1) is 29.8 Å². The first kappa shape index (κ1) is 18.0. The quantitative estimate of drug-likeness (QED) is 0.505. The lowest BCUT2D eigenvalue weighted by Crippen LogP contribution is -2.23. The summed E-state index contributed by atoms with van der Waals surface area (Å²) in [4.78, 5) is 13.4. The normalized spacial score (nSPS) is 12.5. The van der Waals surface area contributed by atoms with E-state index in [1.165, 1.54) is 5.69 Å². The van der Waals surface area contributed by atoms with Crippen LogP contribution in [-0.2, 0) is 0 Å². The van der Waals surface area contributed by atoms with Crippen LogP contribution in [0, 0.1) is 11.8 Å². The summed E-state index contributed by atoms with van der Waals surface area (Å²) >= 11 is 0. The van der Waals surface area contributed by atoms with E-state index < -0.39 is 0 Å². The van der Waals surface area contributed by atoms with Crippen molar-refractivity contribution in [2.45, 2.75) is 0 Å². The third-order valence-electron chi connectivity index (χ3n) is 5.34. The molecule has 2 aromatic carbocycles. The number of aromatic nitrogens is 2. The zero-order valence-corrected chi connectivity index (χ0v) is 16.9. The molecule has 4 aromatic rings. The third-order valence-corrected chi connectivity index (χ3v) is 5.34. The van der Waals surface area contributed by atoms with Crippen LogP contribution in [0.1, 0.15) is 11.1 Å². The Morgan fingerprint density at radius 1 is 0.967 bits per heavy atom. The fourth-order valence-corrected chi connectivity index (χ4v) is 3.77. The van der Waals surface area contributed by atoms with Crippen LogP contribution in [0.25, 0.3) is 10.9 Å². The Hall–Kier alpha value is -4.04. The van der Waals surface area contributed by atoms with Gasteiger partial charge in [-0.3, -0.25) is 9.97 Å². The van der Waals surface area contributed by atoms with E-state index in [0.29, 0.717) is 0 Å². The van der Waals surface area contributed by atoms with Gasteiger partial charge in [-0.2, -0.15) is 0 Å². The Labute approximate surface area is 176 Å². The smallest absolute Gasteiger partial charge is 0.0950 e. The summed E-state index contributed by atoms with van der Waals surface area (Å²) in [5.74, 6) is 6.46. The first-order chi connectivity index (χ1) is 14.7. The Bertz CT molecular complexity index is 1270. The lowest BCUT2D eigenvalue weighted by Gasteiger charge is -2.20. The van der Waals surface area contributed by atoms with Gasteiger partial charge in [-0.1, -0.05) is 11.8 Å². The molecular weight excluding hydrogens is 370 g/mol. The maximum Gasteiger partial charge on any atom is 0.0950 e. The molecule has 1 aliphatic rings. The number of rotatable bonds is 2. The third kappa shape index (κ3) is 3.19. The second-order valence-corrected chi connectivity index (χ2v) is 7.28. The molecule has 1 N–H and O–H groups in total. The molecule has 2 aromatic heterocycles. The SMILES string of the molecule is CNc1ccc(N2CN(C)c3cnc4ccc(C#Cc5cccnc5)cc4c32)cc1. The van der Waals surface area contributed by atoms with Crippen LogP contribution in [0.3, 0.4) is 0 Å². The topological polar surface area (TPSA) is 44.3 Å². The number of pyridine rings is 2. The number of fused-ring (bicyclic) bond motifs is 3. The maximum absolute atomic E-state index is 4.68. The van der Waals surface area contributed by atoms with Gasteiger partial charge >= 0.3 is 0 Å². The highest BCUT2D eigenvalue weighted by Crippen LogP contribution is 2.44. The van der Waals surface area contributed by atoms with Gasteiger partial charge in [0.1, 0.15) is 0 Å². The van der Waals surface area contributed by atoms with Gasteiger partial charge in [-0.25, -0.2) is 0 Å². The average molecular weight is 391 g/mol. The van der Waals surface area contributed by atoms with Crippen molar-refractivity contribution in [3.63, 3.8) is 0 Å². The molecule has 3 heterocycles. The van der Waals surface area contributed by atoms with E-state index in [9.17, 15) is 0 Å². The van der Waals surface area contributed by atoms with E-state index in [1.807, 2.05) is 37.5 Å². The molecule has 5 nitrogen and oxygen atoms in total. The lowest BCUT2D eigenvalue weighted by molar-refractivity contribution is 0.949. The maximum atomic E-state index is 4.68. The van der Waals surface area contributed by atoms with Crippen LogP contribution in [0.2, 0.25) is 0 Å². The van der Waals surface area contributed by atoms with E-state index in [2.05, 4.69) is 74.3 Å². The molecule has 0 aliphatic carbocycles. The minimum Gasteiger partial charge on any atom is -0.388 e. The van der Waals surface area contributed by atoms with Gasteiger partial charge in [-0.15, -0.1) is 0 Å². The van der Waals surface area contributed by atoms with Gasteiger partial charge < -0.3 is 15.1 Å². The predicted octanol–water partition coefficient (Wildman–Crippen LogP) is 4.62. The van der Waals surface area contributed by atoms with E-state index in [-0.39, 0.29) is 0 Å². The van der Waals surface area contributed by atoms with Crippen LogP contribution >= 0.6 is 0 Å². The summed E-state index contributed by atoms with van der Waals surface area (Å²) < 4.78 is 0. The Morgan fingerprint density at radius 3 is 2.57 bits per heavy atom. The Morgan fingerprint density at radius 2 is 1.80 bits per heavy atom. The molecule has 0 atom stereocenters. The molecule has 0 saturated heterocycles. The molecule has 0 radical (unpaired) electrons. The first-order valence-electron chi connectivity index (χ1n) is 9.84. The minimum absolute atomic E-state index is 0.778. The molecule has 0 fully saturated rings. The monoisotopic (exact) mass is 391 g/mol. The van der Waals surface area contributed by atoms with Crippen LogP contribution in [0.4, 0.5) is 22.7 Å². The highest BCUT2D eigenvalue weighted by Gasteiger charge is 2.27. The number of benzene rings is 2. The summed E-state index contributed by atoms with van der Waals surface area (Å²) in [5, 5.41) is 4.28. The minimum atomic E-state index is 0.778. The number of nitrogens with zero attached hydrogens (tertiary/aromatic N) is 4. The van der Waals surface area contributed by atoms with E-state index in [0.717, 1.165) is 45.8 Å². The van der Waals surface area contributed by atoms with Crippen molar-refractivity contribution >= 4 is 33.7 Å². The molecule has 0 saturated carbocycles. The van der Waals surface area contributed by atoms with Gasteiger partial charge in [0.2, 0.25) is 0 Å². The van der Waals surface area contributed by atoms with Crippen molar-refractivity contribution in [1.29, 1.82) is 0 Å². The second kappa shape index (κ2) is 7.41. The molecule has 1 aliphatic heterocycles. The van der Waals surface area contributed by atoms with Crippen molar-refractivity contribution in [3.8, 4) is 11.8 Å². The molecule has 5 rings (SSSR count). The van der Waals surface area contributed by atoms with Gasteiger partial charge in [0.25, 0.3) is 0 Å². The van der Waals surface area contributed by atoms with Crippen LogP contribution in [0.5, 0.6) is 0 Å². The molecule has 0 bridgehead atoms. The Balaban J connectivity index is 1.61. The molecule has 0 unspecified atom stereocenters. The van der Waals surface area contributed by atoms with Crippen molar-refractivity contribution < 1.29 is 0 Å². The van der Waals surface area contributed by atoms with Crippen molar-refractivity contribution in [2.75, 3.05) is 35.9 Å². The molecular formula is C25H21N5. The van der Waals surface area contributed by atoms with Crippen LogP contribution in [-0.4, -0.2) is 30.7 Å². The number of hydrogen-bond acceptors (Lipinski definition) is 5. The van der Waals surface area contributed by atoms with Crippen LogP contribution in [0.15, 0.2) is 73.2 Å². The van der Waals surface area contributed by atoms with Gasteiger partial charge in [0.15, 0.2) is 0 Å². The number of nitrogens with one attached hydrogen (secondary N) is 1. The fraction of sp³-hybridized carbons (Fsp3) is 0.120. The standard InChI is InChI=1S/C25H21N5/c1-26-20-8-10-21(11-9-20)30-17-29(2)24-16-28-23-12-7-18(14-22(23)25(24)30)5-6-19-4-3-13-27-15-19/h3-4,7-16,26H,17H2,1-2H3. The van der Waals surface area contributed by atoms with Crippen molar-refractivity contribution in [1.82, 2.24) is 9.97 Å². The summed E-state index contributed by atoms with van der Waals surface area (Å²) in [7, 11) is 4.03. The van der Waals surface area contributed by atoms with Gasteiger partial charge in [0, 0.05) is 54.4 Å². The summed E-state index contributed by atoms with van der Waals surface area (Å²) in [6, 6.07) is 18.6. The zero-order valence-electron chi connectivity index (χ0n) is 16.9. The molecule has 146 valence electrons. The Kier molecular flexibility index (Phi) is 4.45. The molecule has 5 heteroatoms. The zero-order chi connectivity index (χ0) is 20.5. The van der Waals surface area contributed by atoms with Gasteiger partial charge in [-0.05, 0) is 54.6 Å². The number of hydrogen-bond donors (Lipinski definition) is 1. The summed E-state index contributed by atoms with van der Waals surface area (Å²) in [6.45, 7) is 0.778. The summed E-state index contributed by atoms with van der Waals surface area (Å²) in [6.07, 6.45) is 5.49. The van der Waals surface area contributed by atoms with Crippen LogP contribution < -0.4 is 15.1 Å². The fourth-order valence-electron chi connectivity index (χ4n) is 3.77. The van der Waals surface area contributed by atoms with E-state index >= 15 is 0 Å². The molecule has 0 spiro atoms. The molecule has 0 amide bonds. The highest BCUT2D eigenvalue weighted by molar-refractivity contribution is 6.03. The van der Waals surface area contributed by atoms with Crippen molar-refractivity contribution in [2.24, 2.45) is 0 Å². The summed E-state index contributed by atoms with van der Waals surface area (Å²) in [5.41, 5.74) is 7.37. The first-order valence-corrected chi connectivity index (χ1v) is 9.84. The van der Waals surface area contributed by atoms with E-state index in [1.54, 1.807) is 12.4 Å². The van der Waals surface area contributed by atoms with Crippen molar-refractivity contribution in [3.05, 3.63) is 84.3 Å². The van der Waals surface area contributed by atoms with E-state index in [4.69, 9.17) is 0 Å². The largest absolute Gasteiger partial charge is 0.388 e. The number of anilines is 4. The second-order valence-electron chi connectivity index (χ2n) is 7.28. The molecule has 30 heavy (non-hydrogen) atoms. The predicted molar refractivity (Wildman–Crippen MR) is 123 cm³/mol. The average Bonchev–Trinajstić information content (AvgIpc) is 3.15. The lowest BCUT2D eigenvalue weighted by atomic mass is 10.1. The highest BCUT2D eigenvalue weighted by atomic mass is 15.4.